The molecule has 100 valence electrons. The Labute approximate surface area is 116 Å². The van der Waals surface area contributed by atoms with Crippen LogP contribution in [0.15, 0.2) is 48.9 Å². The third-order valence-corrected chi connectivity index (χ3v) is 3.29. The Morgan fingerprint density at radius 2 is 2.15 bits per heavy atom. The second kappa shape index (κ2) is 4.81. The quantitative estimate of drug-likeness (QED) is 0.793. The molecule has 0 saturated carbocycles. The number of fused-ring (bicyclic) bond motifs is 1. The number of hydrogen-bond donors (Lipinski definition) is 1. The van der Waals surface area contributed by atoms with Gasteiger partial charge in [-0.1, -0.05) is 24.3 Å². The minimum absolute atomic E-state index is 0.0418. The summed E-state index contributed by atoms with van der Waals surface area (Å²) in [5.74, 6) is -0.816. The van der Waals surface area contributed by atoms with E-state index in [4.69, 9.17) is 5.11 Å². The smallest absolute Gasteiger partial charge is 0.307 e. The van der Waals surface area contributed by atoms with Crippen LogP contribution in [0.4, 0.5) is 0 Å². The Bertz CT molecular complexity index is 790. The topological polar surface area (TPSA) is 54.6 Å². The zero-order valence-electron chi connectivity index (χ0n) is 11.1. The van der Waals surface area contributed by atoms with Crippen molar-refractivity contribution in [1.29, 1.82) is 0 Å². The monoisotopic (exact) mass is 266 g/mol. The van der Waals surface area contributed by atoms with Crippen LogP contribution in [0.25, 0.3) is 16.8 Å². The fourth-order valence-electron chi connectivity index (χ4n) is 2.40. The van der Waals surface area contributed by atoms with Gasteiger partial charge in [0.1, 0.15) is 5.65 Å². The van der Waals surface area contributed by atoms with Crippen molar-refractivity contribution < 1.29 is 9.90 Å². The largest absolute Gasteiger partial charge is 0.481 e. The summed E-state index contributed by atoms with van der Waals surface area (Å²) < 4.78 is 1.98. The Balaban J connectivity index is 2.08. The number of pyridine rings is 1. The molecular formula is C16H14N2O2. The van der Waals surface area contributed by atoms with Crippen LogP contribution in [0.5, 0.6) is 0 Å². The van der Waals surface area contributed by atoms with Crippen molar-refractivity contribution in [3.63, 3.8) is 0 Å². The van der Waals surface area contributed by atoms with Gasteiger partial charge in [0.05, 0.1) is 6.42 Å². The zero-order valence-corrected chi connectivity index (χ0v) is 11.1. The lowest BCUT2D eigenvalue weighted by molar-refractivity contribution is -0.136. The Morgan fingerprint density at radius 3 is 2.95 bits per heavy atom. The van der Waals surface area contributed by atoms with E-state index in [1.165, 1.54) is 0 Å². The van der Waals surface area contributed by atoms with Crippen LogP contribution >= 0.6 is 0 Å². The van der Waals surface area contributed by atoms with Crippen LogP contribution in [-0.2, 0) is 11.2 Å². The van der Waals surface area contributed by atoms with Gasteiger partial charge in [0.15, 0.2) is 0 Å². The number of nitrogens with zero attached hydrogens (tertiary/aromatic N) is 2. The van der Waals surface area contributed by atoms with Crippen molar-refractivity contribution in [2.45, 2.75) is 13.3 Å². The van der Waals surface area contributed by atoms with Crippen LogP contribution in [0.2, 0.25) is 0 Å². The highest BCUT2D eigenvalue weighted by molar-refractivity contribution is 5.72. The normalized spacial score (nSPS) is 10.8. The minimum Gasteiger partial charge on any atom is -0.481 e. The van der Waals surface area contributed by atoms with Gasteiger partial charge < -0.3 is 9.51 Å². The molecule has 20 heavy (non-hydrogen) atoms. The third kappa shape index (κ3) is 2.28. The molecule has 0 aliphatic rings. The highest BCUT2D eigenvalue weighted by Gasteiger charge is 2.06. The molecule has 0 aliphatic heterocycles. The van der Waals surface area contributed by atoms with Gasteiger partial charge in [-0.05, 0) is 35.2 Å². The Morgan fingerprint density at radius 1 is 1.30 bits per heavy atom. The van der Waals surface area contributed by atoms with Crippen LogP contribution < -0.4 is 0 Å². The summed E-state index contributed by atoms with van der Waals surface area (Å²) in [5.41, 5.74) is 4.91. The SMILES string of the molecule is Cc1cc(-c2cccc(CC(=O)O)c2)cn2ccnc12. The fraction of sp³-hybridized carbons (Fsp3) is 0.125. The molecule has 2 aromatic heterocycles. The molecular weight excluding hydrogens is 252 g/mol. The summed E-state index contributed by atoms with van der Waals surface area (Å²) in [6, 6.07) is 9.71. The first-order chi connectivity index (χ1) is 9.63. The van der Waals surface area contributed by atoms with Crippen molar-refractivity contribution in [3.8, 4) is 11.1 Å². The molecule has 2 heterocycles. The highest BCUT2D eigenvalue weighted by atomic mass is 16.4. The molecule has 0 fully saturated rings. The van der Waals surface area contributed by atoms with E-state index in [1.54, 1.807) is 6.20 Å². The van der Waals surface area contributed by atoms with Crippen molar-refractivity contribution in [1.82, 2.24) is 9.38 Å². The predicted octanol–water partition coefficient (Wildman–Crippen LogP) is 2.94. The standard InChI is InChI=1S/C16H14N2O2/c1-11-7-14(10-18-6-5-17-16(11)18)13-4-2-3-12(8-13)9-15(19)20/h2-8,10H,9H2,1H3,(H,19,20). The lowest BCUT2D eigenvalue weighted by Gasteiger charge is -2.07. The number of hydrogen-bond acceptors (Lipinski definition) is 2. The van der Waals surface area contributed by atoms with E-state index >= 15 is 0 Å². The Hall–Kier alpha value is -2.62. The zero-order chi connectivity index (χ0) is 14.1. The van der Waals surface area contributed by atoms with E-state index < -0.39 is 5.97 Å². The van der Waals surface area contributed by atoms with E-state index in [0.29, 0.717) is 0 Å². The van der Waals surface area contributed by atoms with E-state index in [0.717, 1.165) is 27.9 Å². The van der Waals surface area contributed by atoms with E-state index in [1.807, 2.05) is 48.0 Å². The molecule has 4 heteroatoms. The summed E-state index contributed by atoms with van der Waals surface area (Å²) in [4.78, 5) is 15.1. The molecule has 3 rings (SSSR count). The molecule has 1 N–H and O–H groups in total. The van der Waals surface area contributed by atoms with Crippen molar-refractivity contribution in [3.05, 3.63) is 60.0 Å². The average Bonchev–Trinajstić information content (AvgIpc) is 2.87. The van der Waals surface area contributed by atoms with Crippen molar-refractivity contribution in [2.24, 2.45) is 0 Å². The number of imidazole rings is 1. The number of carbonyl (C=O) groups is 1. The van der Waals surface area contributed by atoms with Gasteiger partial charge in [0.2, 0.25) is 0 Å². The molecule has 0 aliphatic carbocycles. The number of aliphatic carboxylic acids is 1. The van der Waals surface area contributed by atoms with Crippen LogP contribution in [-0.4, -0.2) is 20.5 Å². The van der Waals surface area contributed by atoms with Gasteiger partial charge in [0.25, 0.3) is 0 Å². The first-order valence-corrected chi connectivity index (χ1v) is 6.38. The van der Waals surface area contributed by atoms with Gasteiger partial charge in [-0.2, -0.15) is 0 Å². The van der Waals surface area contributed by atoms with Crippen LogP contribution in [0.3, 0.4) is 0 Å². The molecule has 0 atom stereocenters. The van der Waals surface area contributed by atoms with E-state index in [2.05, 4.69) is 11.1 Å². The molecule has 0 spiro atoms. The molecule has 0 bridgehead atoms. The third-order valence-electron chi connectivity index (χ3n) is 3.29. The molecule has 0 amide bonds. The van der Waals surface area contributed by atoms with Crippen molar-refractivity contribution >= 4 is 11.6 Å². The average molecular weight is 266 g/mol. The summed E-state index contributed by atoms with van der Waals surface area (Å²) in [6.45, 7) is 2.02. The highest BCUT2D eigenvalue weighted by Crippen LogP contribution is 2.23. The van der Waals surface area contributed by atoms with Gasteiger partial charge in [-0.25, -0.2) is 4.98 Å². The summed E-state index contributed by atoms with van der Waals surface area (Å²) >= 11 is 0. The van der Waals surface area contributed by atoms with Gasteiger partial charge >= 0.3 is 5.97 Å². The minimum atomic E-state index is -0.816. The van der Waals surface area contributed by atoms with E-state index in [-0.39, 0.29) is 6.42 Å². The van der Waals surface area contributed by atoms with Crippen LogP contribution in [0, 0.1) is 6.92 Å². The lowest BCUT2D eigenvalue weighted by Crippen LogP contribution is -2.00. The Kier molecular flexibility index (Phi) is 2.99. The van der Waals surface area contributed by atoms with Gasteiger partial charge in [-0.3, -0.25) is 4.79 Å². The molecule has 0 saturated heterocycles. The van der Waals surface area contributed by atoms with Crippen molar-refractivity contribution in [2.75, 3.05) is 0 Å². The molecule has 3 aromatic rings. The molecule has 0 radical (unpaired) electrons. The number of aromatic nitrogens is 2. The predicted molar refractivity (Wildman–Crippen MR) is 76.7 cm³/mol. The first kappa shape index (κ1) is 12.4. The van der Waals surface area contributed by atoms with Gasteiger partial charge in [-0.15, -0.1) is 0 Å². The number of carboxylic acids is 1. The second-order valence-electron chi connectivity index (χ2n) is 4.84. The molecule has 0 unspecified atom stereocenters. The number of aryl methyl sites for hydroxylation is 1. The maximum Gasteiger partial charge on any atom is 0.307 e. The summed E-state index contributed by atoms with van der Waals surface area (Å²) in [5, 5.41) is 8.87. The molecule has 4 nitrogen and oxygen atoms in total. The summed E-state index contributed by atoms with van der Waals surface area (Å²) in [7, 11) is 0. The summed E-state index contributed by atoms with van der Waals surface area (Å²) in [6.07, 6.45) is 5.73. The maximum atomic E-state index is 10.8. The lowest BCUT2D eigenvalue weighted by atomic mass is 10.0. The molecule has 1 aromatic carbocycles. The number of rotatable bonds is 3. The second-order valence-corrected chi connectivity index (χ2v) is 4.84. The maximum absolute atomic E-state index is 10.8. The fourth-order valence-corrected chi connectivity index (χ4v) is 2.40. The number of carboxylic acid groups (broad SMARTS) is 1. The van der Waals surface area contributed by atoms with Gasteiger partial charge in [0, 0.05) is 18.6 Å². The van der Waals surface area contributed by atoms with Crippen LogP contribution in [0.1, 0.15) is 11.1 Å². The number of benzene rings is 1. The van der Waals surface area contributed by atoms with E-state index in [9.17, 15) is 4.79 Å². The first-order valence-electron chi connectivity index (χ1n) is 6.38.